The highest BCUT2D eigenvalue weighted by atomic mass is 35.5. The third-order valence-electron chi connectivity index (χ3n) is 2.61. The maximum absolute atomic E-state index is 6.23. The van der Waals surface area contributed by atoms with E-state index >= 15 is 0 Å². The number of halogens is 1. The smallest absolute Gasteiger partial charge is 0.0441 e. The highest BCUT2D eigenvalue weighted by Gasteiger charge is 2.13. The van der Waals surface area contributed by atoms with Gasteiger partial charge in [-0.3, -0.25) is 0 Å². The van der Waals surface area contributed by atoms with E-state index in [4.69, 9.17) is 11.6 Å². The minimum atomic E-state index is 0.526. The van der Waals surface area contributed by atoms with Gasteiger partial charge in [0.15, 0.2) is 0 Å². The van der Waals surface area contributed by atoms with Crippen molar-refractivity contribution in [3.63, 3.8) is 0 Å². The number of rotatable bonds is 7. The molecule has 1 unspecified atom stereocenters. The largest absolute Gasteiger partial charge is 0.319 e. The zero-order valence-electron chi connectivity index (χ0n) is 10.0. The number of hydrogen-bond acceptors (Lipinski definition) is 2. The molecule has 1 aromatic rings. The van der Waals surface area contributed by atoms with Gasteiger partial charge in [0.1, 0.15) is 0 Å². The molecule has 0 saturated heterocycles. The zero-order chi connectivity index (χ0) is 11.8. The van der Waals surface area contributed by atoms with Gasteiger partial charge in [-0.25, -0.2) is 0 Å². The molecular weight excluding hydrogens is 238 g/mol. The van der Waals surface area contributed by atoms with Gasteiger partial charge in [-0.15, -0.1) is 0 Å². The summed E-state index contributed by atoms with van der Waals surface area (Å²) in [6.45, 7) is 3.20. The topological polar surface area (TPSA) is 12.0 Å². The van der Waals surface area contributed by atoms with Gasteiger partial charge < -0.3 is 5.32 Å². The molecule has 0 radical (unpaired) electrons. The van der Waals surface area contributed by atoms with E-state index in [1.165, 1.54) is 23.5 Å². The highest BCUT2D eigenvalue weighted by molar-refractivity contribution is 7.99. The van der Waals surface area contributed by atoms with Crippen molar-refractivity contribution in [3.8, 4) is 0 Å². The van der Waals surface area contributed by atoms with Crippen molar-refractivity contribution in [2.45, 2.75) is 19.3 Å². The molecular formula is C13H20ClNS. The fraction of sp³-hybridized carbons (Fsp3) is 0.538. The predicted octanol–water partition coefficient (Wildman–Crippen LogP) is 3.79. The van der Waals surface area contributed by atoms with E-state index in [1.54, 1.807) is 0 Å². The van der Waals surface area contributed by atoms with E-state index in [1.807, 2.05) is 30.9 Å². The van der Waals surface area contributed by atoms with Gasteiger partial charge in [0.05, 0.1) is 0 Å². The summed E-state index contributed by atoms with van der Waals surface area (Å²) in [5.41, 5.74) is 1.27. The molecule has 1 nitrogen and oxygen atoms in total. The van der Waals surface area contributed by atoms with Crippen molar-refractivity contribution in [1.29, 1.82) is 0 Å². The van der Waals surface area contributed by atoms with E-state index in [-0.39, 0.29) is 0 Å². The average molecular weight is 258 g/mol. The van der Waals surface area contributed by atoms with Crippen LogP contribution < -0.4 is 5.32 Å². The number of benzene rings is 1. The quantitative estimate of drug-likeness (QED) is 0.746. The number of thioether (sulfide) groups is 1. The maximum atomic E-state index is 6.23. The Morgan fingerprint density at radius 3 is 2.75 bits per heavy atom. The summed E-state index contributed by atoms with van der Waals surface area (Å²) in [6.07, 6.45) is 1.18. The summed E-state index contributed by atoms with van der Waals surface area (Å²) >= 11 is 8.22. The van der Waals surface area contributed by atoms with Gasteiger partial charge in [-0.2, -0.15) is 11.8 Å². The second kappa shape index (κ2) is 7.99. The molecule has 0 aliphatic rings. The predicted molar refractivity (Wildman–Crippen MR) is 75.7 cm³/mol. The van der Waals surface area contributed by atoms with E-state index in [0.29, 0.717) is 5.92 Å². The SMILES string of the molecule is CCSCCC(CNC)c1ccccc1Cl. The molecule has 0 amide bonds. The summed E-state index contributed by atoms with van der Waals surface area (Å²) < 4.78 is 0. The second-order valence-corrected chi connectivity index (χ2v) is 5.56. The van der Waals surface area contributed by atoms with Gasteiger partial charge in [-0.1, -0.05) is 36.7 Å². The van der Waals surface area contributed by atoms with Crippen LogP contribution in [0.3, 0.4) is 0 Å². The summed E-state index contributed by atoms with van der Waals surface area (Å²) in [6, 6.07) is 8.17. The Balaban J connectivity index is 2.65. The first kappa shape index (κ1) is 13.9. The first-order chi connectivity index (χ1) is 7.79. The van der Waals surface area contributed by atoms with Crippen LogP contribution in [0.15, 0.2) is 24.3 Å². The summed E-state index contributed by atoms with van der Waals surface area (Å²) in [4.78, 5) is 0. The summed E-state index contributed by atoms with van der Waals surface area (Å²) in [5.74, 6) is 2.92. The Labute approximate surface area is 108 Å². The normalized spacial score (nSPS) is 12.7. The standard InChI is InChI=1S/C13H20ClNS/c1-3-16-9-8-11(10-15-2)12-6-4-5-7-13(12)14/h4-7,11,15H,3,8-10H2,1-2H3. The van der Waals surface area contributed by atoms with Gasteiger partial charge in [-0.05, 0) is 42.5 Å². The molecule has 0 bridgehead atoms. The molecule has 0 heterocycles. The molecule has 0 spiro atoms. The maximum Gasteiger partial charge on any atom is 0.0441 e. The van der Waals surface area contributed by atoms with Crippen LogP contribution in [0.1, 0.15) is 24.8 Å². The number of nitrogens with one attached hydrogen (secondary N) is 1. The van der Waals surface area contributed by atoms with Gasteiger partial charge >= 0.3 is 0 Å². The van der Waals surface area contributed by atoms with E-state index < -0.39 is 0 Å². The lowest BCUT2D eigenvalue weighted by Gasteiger charge is -2.18. The fourth-order valence-corrected chi connectivity index (χ4v) is 2.82. The van der Waals surface area contributed by atoms with Crippen molar-refractivity contribution >= 4 is 23.4 Å². The summed E-state index contributed by atoms with van der Waals surface area (Å²) in [7, 11) is 2.00. The van der Waals surface area contributed by atoms with Crippen molar-refractivity contribution in [2.75, 3.05) is 25.1 Å². The minimum absolute atomic E-state index is 0.526. The Kier molecular flexibility index (Phi) is 6.93. The monoisotopic (exact) mass is 257 g/mol. The Hall–Kier alpha value is -0.180. The zero-order valence-corrected chi connectivity index (χ0v) is 11.6. The molecule has 1 atom stereocenters. The Bertz CT molecular complexity index is 304. The lowest BCUT2D eigenvalue weighted by molar-refractivity contribution is 0.616. The third kappa shape index (κ3) is 4.36. The molecule has 0 aromatic heterocycles. The van der Waals surface area contributed by atoms with Crippen LogP contribution in [0.25, 0.3) is 0 Å². The summed E-state index contributed by atoms with van der Waals surface area (Å²) in [5, 5.41) is 4.15. The molecule has 0 aliphatic heterocycles. The number of hydrogen-bond donors (Lipinski definition) is 1. The van der Waals surface area contributed by atoms with Gasteiger partial charge in [0.2, 0.25) is 0 Å². The van der Waals surface area contributed by atoms with E-state index in [9.17, 15) is 0 Å². The van der Waals surface area contributed by atoms with Gasteiger partial charge in [0.25, 0.3) is 0 Å². The first-order valence-corrected chi connectivity index (χ1v) is 7.29. The minimum Gasteiger partial charge on any atom is -0.319 e. The molecule has 0 aliphatic carbocycles. The van der Waals surface area contributed by atoms with Crippen LogP contribution in [0.5, 0.6) is 0 Å². The molecule has 0 saturated carbocycles. The first-order valence-electron chi connectivity index (χ1n) is 5.76. The average Bonchev–Trinajstić information content (AvgIpc) is 2.29. The lowest BCUT2D eigenvalue weighted by atomic mass is 9.96. The van der Waals surface area contributed by atoms with Gasteiger partial charge in [0, 0.05) is 11.6 Å². The van der Waals surface area contributed by atoms with Crippen LogP contribution in [-0.4, -0.2) is 25.1 Å². The molecule has 90 valence electrons. The number of likely N-dealkylation sites (N-methyl/N-ethyl adjacent to an activating group) is 1. The van der Waals surface area contributed by atoms with Crippen LogP contribution in [0.2, 0.25) is 5.02 Å². The molecule has 1 rings (SSSR count). The third-order valence-corrected chi connectivity index (χ3v) is 3.89. The van der Waals surface area contributed by atoms with E-state index in [0.717, 1.165) is 11.6 Å². The van der Waals surface area contributed by atoms with Crippen molar-refractivity contribution in [1.82, 2.24) is 5.32 Å². The molecule has 16 heavy (non-hydrogen) atoms. The van der Waals surface area contributed by atoms with Crippen LogP contribution >= 0.6 is 23.4 Å². The molecule has 1 aromatic carbocycles. The Morgan fingerprint density at radius 1 is 1.38 bits per heavy atom. The lowest BCUT2D eigenvalue weighted by Crippen LogP contribution is -2.18. The van der Waals surface area contributed by atoms with Crippen molar-refractivity contribution < 1.29 is 0 Å². The van der Waals surface area contributed by atoms with E-state index in [2.05, 4.69) is 24.4 Å². The highest BCUT2D eigenvalue weighted by Crippen LogP contribution is 2.27. The van der Waals surface area contributed by atoms with Crippen molar-refractivity contribution in [2.24, 2.45) is 0 Å². The molecule has 0 fully saturated rings. The Morgan fingerprint density at radius 2 is 2.12 bits per heavy atom. The second-order valence-electron chi connectivity index (χ2n) is 3.76. The molecule has 3 heteroatoms. The van der Waals surface area contributed by atoms with Crippen LogP contribution in [0.4, 0.5) is 0 Å². The van der Waals surface area contributed by atoms with Crippen molar-refractivity contribution in [3.05, 3.63) is 34.9 Å². The molecule has 1 N–H and O–H groups in total. The van der Waals surface area contributed by atoms with Crippen LogP contribution in [0, 0.1) is 0 Å². The fourth-order valence-electron chi connectivity index (χ4n) is 1.79. The van der Waals surface area contributed by atoms with Crippen LogP contribution in [-0.2, 0) is 0 Å².